The number of carbonyl (C=O) groups is 1. The number of nitrogens with zero attached hydrogens (tertiary/aromatic N) is 1. The Morgan fingerprint density at radius 3 is 3.08 bits per heavy atom. The topological polar surface area (TPSA) is 41.6 Å². The molecule has 4 heteroatoms. The van der Waals surface area contributed by atoms with Gasteiger partial charge >= 0.3 is 6.03 Å². The highest BCUT2D eigenvalue weighted by Crippen LogP contribution is 2.03. The van der Waals surface area contributed by atoms with Crippen molar-refractivity contribution in [2.24, 2.45) is 0 Å². The molecule has 2 amide bonds. The van der Waals surface area contributed by atoms with Crippen LogP contribution in [0.4, 0.5) is 4.79 Å². The van der Waals surface area contributed by atoms with Crippen molar-refractivity contribution >= 4 is 6.03 Å². The summed E-state index contributed by atoms with van der Waals surface area (Å²) in [6.45, 7) is 4.23. The average Bonchev–Trinajstić information content (AvgIpc) is 2.56. The molecule has 1 N–H and O–H groups in total. The van der Waals surface area contributed by atoms with Crippen LogP contribution in [0, 0.1) is 0 Å². The number of nitrogens with one attached hydrogen (secondary N) is 1. The van der Waals surface area contributed by atoms with E-state index in [1.165, 1.54) is 5.06 Å². The molecule has 0 aromatic rings. The first kappa shape index (κ1) is 9.32. The molecule has 0 aliphatic carbocycles. The second-order valence-corrected chi connectivity index (χ2v) is 2.87. The Kier molecular flexibility index (Phi) is 3.87. The molecule has 0 atom stereocenters. The molecule has 4 nitrogen and oxygen atoms in total. The number of carbonyl (C=O) groups excluding carboxylic acids is 1. The Balaban J connectivity index is 2.10. The zero-order valence-corrected chi connectivity index (χ0v) is 7.51. The Morgan fingerprint density at radius 1 is 1.67 bits per heavy atom. The van der Waals surface area contributed by atoms with Gasteiger partial charge in [0.15, 0.2) is 0 Å². The highest BCUT2D eigenvalue weighted by atomic mass is 16.7. The van der Waals surface area contributed by atoms with Crippen LogP contribution in [-0.2, 0) is 4.84 Å². The van der Waals surface area contributed by atoms with Gasteiger partial charge in [-0.3, -0.25) is 4.84 Å². The van der Waals surface area contributed by atoms with Crippen LogP contribution in [0.3, 0.4) is 0 Å². The van der Waals surface area contributed by atoms with Crippen LogP contribution in [0.15, 0.2) is 0 Å². The number of hydrogen-bond donors (Lipinski definition) is 1. The fourth-order valence-corrected chi connectivity index (χ4v) is 1.07. The Labute approximate surface area is 72.8 Å². The molecule has 0 bridgehead atoms. The van der Waals surface area contributed by atoms with Gasteiger partial charge in [0.1, 0.15) is 0 Å². The van der Waals surface area contributed by atoms with E-state index in [0.29, 0.717) is 6.61 Å². The normalized spacial score (nSPS) is 16.6. The maximum Gasteiger partial charge on any atom is 0.341 e. The minimum absolute atomic E-state index is 0.0963. The second kappa shape index (κ2) is 4.98. The lowest BCUT2D eigenvalue weighted by atomic mass is 10.3. The molecule has 0 unspecified atom stereocenters. The molecule has 0 radical (unpaired) electrons. The summed E-state index contributed by atoms with van der Waals surface area (Å²) in [5.74, 6) is 0. The van der Waals surface area contributed by atoms with Crippen molar-refractivity contribution in [3.8, 4) is 0 Å². The van der Waals surface area contributed by atoms with E-state index >= 15 is 0 Å². The van der Waals surface area contributed by atoms with Crippen molar-refractivity contribution in [1.29, 1.82) is 0 Å². The molecular formula is C8H16N2O2. The highest BCUT2D eigenvalue weighted by Gasteiger charge is 2.17. The van der Waals surface area contributed by atoms with E-state index in [1.54, 1.807) is 0 Å². The summed E-state index contributed by atoms with van der Waals surface area (Å²) in [7, 11) is 0. The van der Waals surface area contributed by atoms with E-state index in [0.717, 1.165) is 32.4 Å². The van der Waals surface area contributed by atoms with Crippen LogP contribution >= 0.6 is 0 Å². The summed E-state index contributed by atoms with van der Waals surface area (Å²) in [4.78, 5) is 16.3. The molecule has 0 saturated carbocycles. The maximum atomic E-state index is 11.2. The van der Waals surface area contributed by atoms with E-state index in [-0.39, 0.29) is 6.03 Å². The van der Waals surface area contributed by atoms with Crippen molar-refractivity contribution in [1.82, 2.24) is 10.4 Å². The van der Waals surface area contributed by atoms with Crippen molar-refractivity contribution in [2.75, 3.05) is 19.7 Å². The van der Waals surface area contributed by atoms with Gasteiger partial charge in [-0.25, -0.2) is 9.86 Å². The molecule has 70 valence electrons. The minimum atomic E-state index is -0.0963. The fourth-order valence-electron chi connectivity index (χ4n) is 1.07. The summed E-state index contributed by atoms with van der Waals surface area (Å²) in [6.07, 6.45) is 3.07. The standard InChI is InChI=1S/C8H16N2O2/c1-2-3-5-9-8(11)10-6-4-7-12-10/h2-7H2,1H3,(H,9,11). The van der Waals surface area contributed by atoms with Gasteiger partial charge in [0.2, 0.25) is 0 Å². The van der Waals surface area contributed by atoms with Crippen LogP contribution < -0.4 is 5.32 Å². The van der Waals surface area contributed by atoms with Gasteiger partial charge in [0.25, 0.3) is 0 Å². The smallest absolute Gasteiger partial charge is 0.336 e. The quantitative estimate of drug-likeness (QED) is 0.648. The lowest BCUT2D eigenvalue weighted by Crippen LogP contribution is -2.37. The summed E-state index contributed by atoms with van der Waals surface area (Å²) >= 11 is 0. The number of rotatable bonds is 3. The van der Waals surface area contributed by atoms with Crippen LogP contribution in [0.1, 0.15) is 26.2 Å². The zero-order chi connectivity index (χ0) is 8.81. The first-order chi connectivity index (χ1) is 5.84. The van der Waals surface area contributed by atoms with E-state index in [9.17, 15) is 4.79 Å². The molecular weight excluding hydrogens is 156 g/mol. The van der Waals surface area contributed by atoms with Crippen molar-refractivity contribution in [3.05, 3.63) is 0 Å². The van der Waals surface area contributed by atoms with Gasteiger partial charge in [-0.1, -0.05) is 13.3 Å². The number of hydrogen-bond acceptors (Lipinski definition) is 2. The lowest BCUT2D eigenvalue weighted by molar-refractivity contribution is -0.0662. The van der Waals surface area contributed by atoms with Gasteiger partial charge in [-0.2, -0.15) is 0 Å². The largest absolute Gasteiger partial charge is 0.341 e. The van der Waals surface area contributed by atoms with Gasteiger partial charge < -0.3 is 5.32 Å². The van der Waals surface area contributed by atoms with E-state index in [2.05, 4.69) is 12.2 Å². The molecule has 1 aliphatic rings. The molecule has 0 aromatic carbocycles. The van der Waals surface area contributed by atoms with Crippen molar-refractivity contribution in [3.63, 3.8) is 0 Å². The van der Waals surface area contributed by atoms with Crippen molar-refractivity contribution < 1.29 is 9.63 Å². The molecule has 12 heavy (non-hydrogen) atoms. The first-order valence-electron chi connectivity index (χ1n) is 4.53. The van der Waals surface area contributed by atoms with Crippen LogP contribution in [0.5, 0.6) is 0 Å². The summed E-state index contributed by atoms with van der Waals surface area (Å²) in [5.41, 5.74) is 0. The SMILES string of the molecule is CCCCNC(=O)N1CCCO1. The minimum Gasteiger partial charge on any atom is -0.336 e. The predicted octanol–water partition coefficient (Wildman–Crippen LogP) is 1.13. The second-order valence-electron chi connectivity index (χ2n) is 2.87. The van der Waals surface area contributed by atoms with Crippen LogP contribution in [0.25, 0.3) is 0 Å². The number of amides is 2. The molecule has 1 aliphatic heterocycles. The monoisotopic (exact) mass is 172 g/mol. The zero-order valence-electron chi connectivity index (χ0n) is 7.51. The van der Waals surface area contributed by atoms with Crippen molar-refractivity contribution in [2.45, 2.75) is 26.2 Å². The molecule has 0 aromatic heterocycles. The Morgan fingerprint density at radius 2 is 2.50 bits per heavy atom. The molecule has 1 fully saturated rings. The average molecular weight is 172 g/mol. The van der Waals surface area contributed by atoms with Gasteiger partial charge in [0, 0.05) is 6.54 Å². The van der Waals surface area contributed by atoms with Gasteiger partial charge in [-0.15, -0.1) is 0 Å². The summed E-state index contributed by atoms with van der Waals surface area (Å²) in [5, 5.41) is 4.19. The van der Waals surface area contributed by atoms with E-state index in [4.69, 9.17) is 4.84 Å². The third-order valence-electron chi connectivity index (χ3n) is 1.79. The number of urea groups is 1. The molecule has 1 heterocycles. The maximum absolute atomic E-state index is 11.2. The first-order valence-corrected chi connectivity index (χ1v) is 4.53. The third kappa shape index (κ3) is 2.70. The van der Waals surface area contributed by atoms with Gasteiger partial charge in [-0.05, 0) is 12.8 Å². The molecule has 1 rings (SSSR count). The Hall–Kier alpha value is -0.770. The van der Waals surface area contributed by atoms with Crippen LogP contribution in [0.2, 0.25) is 0 Å². The Bertz CT molecular complexity index is 144. The van der Waals surface area contributed by atoms with Gasteiger partial charge in [0.05, 0.1) is 13.2 Å². The van der Waals surface area contributed by atoms with Crippen LogP contribution in [-0.4, -0.2) is 30.8 Å². The van der Waals surface area contributed by atoms with E-state index < -0.39 is 0 Å². The third-order valence-corrected chi connectivity index (χ3v) is 1.79. The van der Waals surface area contributed by atoms with E-state index in [1.807, 2.05) is 0 Å². The molecule has 1 saturated heterocycles. The fraction of sp³-hybridized carbons (Fsp3) is 0.875. The number of hydroxylamine groups is 2. The highest BCUT2D eigenvalue weighted by molar-refractivity contribution is 5.73. The summed E-state index contributed by atoms with van der Waals surface area (Å²) < 4.78 is 0. The summed E-state index contributed by atoms with van der Waals surface area (Å²) in [6, 6.07) is -0.0963. The lowest BCUT2D eigenvalue weighted by Gasteiger charge is -2.14. The number of unbranched alkanes of at least 4 members (excludes halogenated alkanes) is 1. The molecule has 0 spiro atoms. The predicted molar refractivity (Wildman–Crippen MR) is 45.6 cm³/mol.